The summed E-state index contributed by atoms with van der Waals surface area (Å²) in [5.41, 5.74) is 0.516. The molecule has 4 nitrogen and oxygen atoms in total. The molecule has 1 aliphatic heterocycles. The number of carbonyl (C=O) groups is 2. The van der Waals surface area contributed by atoms with Gasteiger partial charge in [0.1, 0.15) is 0 Å². The summed E-state index contributed by atoms with van der Waals surface area (Å²) in [6.45, 7) is 2.81. The van der Waals surface area contributed by atoms with Gasteiger partial charge in [0.25, 0.3) is 5.91 Å². The molecule has 1 aromatic heterocycles. The predicted molar refractivity (Wildman–Crippen MR) is 95.9 cm³/mol. The SMILES string of the molecule is CC(NC(=O)C1CCN(C(=O)c2cccs2)CC1)c1ccc(F)c(F)c1. The molecule has 26 heavy (non-hydrogen) atoms. The van der Waals surface area contributed by atoms with Gasteiger partial charge in [0, 0.05) is 19.0 Å². The molecule has 0 bridgehead atoms. The van der Waals surface area contributed by atoms with E-state index in [-0.39, 0.29) is 17.7 Å². The standard InChI is InChI=1S/C19H20F2N2O2S/c1-12(14-4-5-15(20)16(21)11-14)22-18(24)13-6-8-23(9-7-13)19(25)17-3-2-10-26-17/h2-5,10-13H,6-9H2,1H3,(H,22,24). The number of nitrogens with zero attached hydrogens (tertiary/aromatic N) is 1. The molecule has 0 radical (unpaired) electrons. The second kappa shape index (κ2) is 7.95. The van der Waals surface area contributed by atoms with Crippen molar-refractivity contribution >= 4 is 23.2 Å². The minimum absolute atomic E-state index is 0.00835. The molecular formula is C19H20F2N2O2S. The van der Waals surface area contributed by atoms with Gasteiger partial charge in [0.15, 0.2) is 11.6 Å². The van der Waals surface area contributed by atoms with Crippen LogP contribution in [0.2, 0.25) is 0 Å². The van der Waals surface area contributed by atoms with Crippen LogP contribution in [0.1, 0.15) is 41.0 Å². The maximum absolute atomic E-state index is 13.3. The van der Waals surface area contributed by atoms with Crippen molar-refractivity contribution in [3.63, 3.8) is 0 Å². The first-order chi connectivity index (χ1) is 12.5. The summed E-state index contributed by atoms with van der Waals surface area (Å²) >= 11 is 1.41. The highest BCUT2D eigenvalue weighted by Crippen LogP contribution is 2.22. The zero-order chi connectivity index (χ0) is 18.7. The molecule has 0 saturated carbocycles. The van der Waals surface area contributed by atoms with E-state index in [0.717, 1.165) is 12.1 Å². The monoisotopic (exact) mass is 378 g/mol. The Morgan fingerprint density at radius 2 is 1.92 bits per heavy atom. The van der Waals surface area contributed by atoms with Crippen LogP contribution < -0.4 is 5.32 Å². The third-order valence-electron chi connectivity index (χ3n) is 4.69. The lowest BCUT2D eigenvalue weighted by atomic mass is 9.95. The predicted octanol–water partition coefficient (Wildman–Crippen LogP) is 3.76. The highest BCUT2D eigenvalue weighted by atomic mass is 32.1. The average molecular weight is 378 g/mol. The number of benzene rings is 1. The first kappa shape index (κ1) is 18.5. The van der Waals surface area contributed by atoms with Crippen molar-refractivity contribution in [3.05, 3.63) is 57.8 Å². The number of hydrogen-bond acceptors (Lipinski definition) is 3. The van der Waals surface area contributed by atoms with E-state index in [1.54, 1.807) is 17.9 Å². The molecule has 7 heteroatoms. The van der Waals surface area contributed by atoms with Gasteiger partial charge in [-0.3, -0.25) is 9.59 Å². The van der Waals surface area contributed by atoms with Crippen molar-refractivity contribution < 1.29 is 18.4 Å². The first-order valence-electron chi connectivity index (χ1n) is 8.54. The number of likely N-dealkylation sites (tertiary alicyclic amines) is 1. The number of rotatable bonds is 4. The van der Waals surface area contributed by atoms with Gasteiger partial charge < -0.3 is 10.2 Å². The van der Waals surface area contributed by atoms with Crippen LogP contribution in [0.15, 0.2) is 35.7 Å². The highest BCUT2D eigenvalue weighted by Gasteiger charge is 2.28. The van der Waals surface area contributed by atoms with E-state index >= 15 is 0 Å². The van der Waals surface area contributed by atoms with E-state index in [4.69, 9.17) is 0 Å². The molecule has 2 aromatic rings. The fraction of sp³-hybridized carbons (Fsp3) is 0.368. The number of amides is 2. The molecule has 1 aromatic carbocycles. The van der Waals surface area contributed by atoms with Crippen LogP contribution in [0.5, 0.6) is 0 Å². The van der Waals surface area contributed by atoms with Crippen LogP contribution in [-0.4, -0.2) is 29.8 Å². The van der Waals surface area contributed by atoms with Gasteiger partial charge in [0.05, 0.1) is 10.9 Å². The summed E-state index contributed by atoms with van der Waals surface area (Å²) in [6, 6.07) is 6.85. The maximum Gasteiger partial charge on any atom is 0.263 e. The van der Waals surface area contributed by atoms with Crippen molar-refractivity contribution in [2.45, 2.75) is 25.8 Å². The summed E-state index contributed by atoms with van der Waals surface area (Å²) in [5, 5.41) is 4.72. The molecular weight excluding hydrogens is 358 g/mol. The van der Waals surface area contributed by atoms with Gasteiger partial charge in [-0.15, -0.1) is 11.3 Å². The molecule has 2 heterocycles. The van der Waals surface area contributed by atoms with Crippen LogP contribution in [-0.2, 0) is 4.79 Å². The Hall–Kier alpha value is -2.28. The quantitative estimate of drug-likeness (QED) is 0.881. The lowest BCUT2D eigenvalue weighted by Crippen LogP contribution is -2.43. The van der Waals surface area contributed by atoms with Crippen molar-refractivity contribution in [1.29, 1.82) is 0 Å². The van der Waals surface area contributed by atoms with Crippen LogP contribution >= 0.6 is 11.3 Å². The van der Waals surface area contributed by atoms with E-state index < -0.39 is 17.7 Å². The van der Waals surface area contributed by atoms with Crippen molar-refractivity contribution in [2.24, 2.45) is 5.92 Å². The van der Waals surface area contributed by atoms with Crippen LogP contribution in [0.25, 0.3) is 0 Å². The highest BCUT2D eigenvalue weighted by molar-refractivity contribution is 7.12. The Bertz CT molecular complexity index is 787. The number of piperidine rings is 1. The van der Waals surface area contributed by atoms with Crippen LogP contribution in [0.3, 0.4) is 0 Å². The van der Waals surface area contributed by atoms with E-state index in [0.29, 0.717) is 36.4 Å². The van der Waals surface area contributed by atoms with Gasteiger partial charge in [0.2, 0.25) is 5.91 Å². The minimum Gasteiger partial charge on any atom is -0.349 e. The normalized spacial score (nSPS) is 16.3. The summed E-state index contributed by atoms with van der Waals surface area (Å²) < 4.78 is 26.4. The number of hydrogen-bond donors (Lipinski definition) is 1. The Kier molecular flexibility index (Phi) is 5.66. The summed E-state index contributed by atoms with van der Waals surface area (Å²) in [5.74, 6) is -2.13. The minimum atomic E-state index is -0.927. The molecule has 1 atom stereocenters. The zero-order valence-corrected chi connectivity index (χ0v) is 15.2. The lowest BCUT2D eigenvalue weighted by Gasteiger charge is -2.31. The topological polar surface area (TPSA) is 49.4 Å². The number of carbonyl (C=O) groups excluding carboxylic acids is 2. The Balaban J connectivity index is 1.53. The van der Waals surface area contributed by atoms with Crippen molar-refractivity contribution in [1.82, 2.24) is 10.2 Å². The molecule has 0 aliphatic carbocycles. The van der Waals surface area contributed by atoms with E-state index in [1.807, 2.05) is 11.4 Å². The van der Waals surface area contributed by atoms with Crippen molar-refractivity contribution in [2.75, 3.05) is 13.1 Å². The summed E-state index contributed by atoms with van der Waals surface area (Å²) in [4.78, 5) is 27.3. The Labute approximate surface area is 154 Å². The fourth-order valence-electron chi connectivity index (χ4n) is 3.10. The number of thiophene rings is 1. The second-order valence-corrected chi connectivity index (χ2v) is 7.40. The molecule has 138 valence electrons. The molecule has 1 saturated heterocycles. The molecule has 1 fully saturated rings. The van der Waals surface area contributed by atoms with E-state index in [2.05, 4.69) is 5.32 Å². The van der Waals surface area contributed by atoms with Gasteiger partial charge in [-0.25, -0.2) is 8.78 Å². The third-order valence-corrected chi connectivity index (χ3v) is 5.55. The molecule has 1 N–H and O–H groups in total. The largest absolute Gasteiger partial charge is 0.349 e. The Morgan fingerprint density at radius 3 is 2.54 bits per heavy atom. The van der Waals surface area contributed by atoms with E-state index in [1.165, 1.54) is 17.4 Å². The fourth-order valence-corrected chi connectivity index (χ4v) is 3.79. The molecule has 0 spiro atoms. The number of nitrogens with one attached hydrogen (secondary N) is 1. The maximum atomic E-state index is 13.3. The van der Waals surface area contributed by atoms with Gasteiger partial charge in [-0.1, -0.05) is 12.1 Å². The lowest BCUT2D eigenvalue weighted by molar-refractivity contribution is -0.127. The van der Waals surface area contributed by atoms with Gasteiger partial charge >= 0.3 is 0 Å². The summed E-state index contributed by atoms with van der Waals surface area (Å²) in [7, 11) is 0. The Morgan fingerprint density at radius 1 is 1.19 bits per heavy atom. The second-order valence-electron chi connectivity index (χ2n) is 6.45. The van der Waals surface area contributed by atoms with Gasteiger partial charge in [-0.2, -0.15) is 0 Å². The summed E-state index contributed by atoms with van der Waals surface area (Å²) in [6.07, 6.45) is 1.18. The average Bonchev–Trinajstić information content (AvgIpc) is 3.18. The van der Waals surface area contributed by atoms with Gasteiger partial charge in [-0.05, 0) is 48.9 Å². The molecule has 1 unspecified atom stereocenters. The van der Waals surface area contributed by atoms with Crippen molar-refractivity contribution in [3.8, 4) is 0 Å². The smallest absolute Gasteiger partial charge is 0.263 e. The van der Waals surface area contributed by atoms with Crippen LogP contribution in [0, 0.1) is 17.6 Å². The number of halogens is 2. The zero-order valence-electron chi connectivity index (χ0n) is 14.4. The molecule has 1 aliphatic rings. The third kappa shape index (κ3) is 4.09. The van der Waals surface area contributed by atoms with E-state index in [9.17, 15) is 18.4 Å². The molecule has 3 rings (SSSR count). The van der Waals surface area contributed by atoms with Crippen LogP contribution in [0.4, 0.5) is 8.78 Å². The molecule has 2 amide bonds. The first-order valence-corrected chi connectivity index (χ1v) is 9.42.